The van der Waals surface area contributed by atoms with Crippen LogP contribution in [0.5, 0.6) is 0 Å². The van der Waals surface area contributed by atoms with Crippen LogP contribution in [0.2, 0.25) is 5.02 Å². The Morgan fingerprint density at radius 1 is 1.36 bits per heavy atom. The van der Waals surface area contributed by atoms with E-state index in [9.17, 15) is 14.0 Å². The number of carbonyl (C=O) groups is 2. The number of carbonyl (C=O) groups excluding carboxylic acids is 2. The molecule has 4 rings (SSSR count). The number of hydrogen-bond donors (Lipinski definition) is 2. The third-order valence-corrected chi connectivity index (χ3v) is 5.70. The van der Waals surface area contributed by atoms with E-state index in [1.165, 1.54) is 12.1 Å². The Hall–Kier alpha value is -2.45. The van der Waals surface area contributed by atoms with Gasteiger partial charge < -0.3 is 10.2 Å². The Bertz CT molecular complexity index is 902. The summed E-state index contributed by atoms with van der Waals surface area (Å²) in [4.78, 5) is 29.0. The van der Waals surface area contributed by atoms with E-state index in [1.54, 1.807) is 17.2 Å². The van der Waals surface area contributed by atoms with Crippen molar-refractivity contribution in [2.45, 2.75) is 32.0 Å². The van der Waals surface area contributed by atoms with E-state index in [2.05, 4.69) is 15.5 Å². The van der Waals surface area contributed by atoms with Crippen molar-refractivity contribution in [3.8, 4) is 0 Å². The minimum absolute atomic E-state index is 0.0656. The van der Waals surface area contributed by atoms with E-state index >= 15 is 0 Å². The molecule has 0 spiro atoms. The zero-order valence-electron chi connectivity index (χ0n) is 15.3. The molecule has 7 nitrogen and oxygen atoms in total. The Balaban J connectivity index is 1.46. The van der Waals surface area contributed by atoms with Crippen LogP contribution in [0.25, 0.3) is 0 Å². The molecule has 0 saturated carbocycles. The van der Waals surface area contributed by atoms with Gasteiger partial charge in [-0.25, -0.2) is 4.39 Å². The molecule has 148 valence electrons. The number of aromatic amines is 1. The van der Waals surface area contributed by atoms with Gasteiger partial charge in [0, 0.05) is 55.4 Å². The minimum atomic E-state index is -0.576. The molecule has 0 radical (unpaired) electrons. The van der Waals surface area contributed by atoms with Crippen LogP contribution in [0, 0.1) is 5.82 Å². The summed E-state index contributed by atoms with van der Waals surface area (Å²) in [7, 11) is 0. The van der Waals surface area contributed by atoms with Crippen LogP contribution in [0.1, 0.15) is 23.2 Å². The van der Waals surface area contributed by atoms with Gasteiger partial charge in [-0.05, 0) is 17.7 Å². The number of fused-ring (bicyclic) bond motifs is 1. The molecule has 0 aliphatic carbocycles. The lowest BCUT2D eigenvalue weighted by Crippen LogP contribution is -2.56. The summed E-state index contributed by atoms with van der Waals surface area (Å²) < 4.78 is 13.3. The summed E-state index contributed by atoms with van der Waals surface area (Å²) in [6, 6.07) is 3.65. The van der Waals surface area contributed by atoms with Gasteiger partial charge in [0.1, 0.15) is 5.82 Å². The van der Waals surface area contributed by atoms with Gasteiger partial charge in [0.05, 0.1) is 18.7 Å². The average Bonchev–Trinajstić information content (AvgIpc) is 3.14. The van der Waals surface area contributed by atoms with E-state index in [-0.39, 0.29) is 18.2 Å². The molecule has 1 atom stereocenters. The highest BCUT2D eigenvalue weighted by Gasteiger charge is 2.34. The molecule has 1 fully saturated rings. The first-order valence-corrected chi connectivity index (χ1v) is 9.63. The number of nitrogens with one attached hydrogen (secondary N) is 2. The van der Waals surface area contributed by atoms with Crippen molar-refractivity contribution in [2.24, 2.45) is 0 Å². The van der Waals surface area contributed by atoms with Crippen molar-refractivity contribution in [2.75, 3.05) is 19.6 Å². The van der Waals surface area contributed by atoms with Gasteiger partial charge in [-0.15, -0.1) is 0 Å². The predicted molar refractivity (Wildman–Crippen MR) is 101 cm³/mol. The molecule has 1 saturated heterocycles. The first-order valence-electron chi connectivity index (χ1n) is 9.26. The monoisotopic (exact) mass is 405 g/mol. The van der Waals surface area contributed by atoms with Crippen LogP contribution in [0.4, 0.5) is 4.39 Å². The first kappa shape index (κ1) is 18.9. The highest BCUT2D eigenvalue weighted by Crippen LogP contribution is 2.23. The Morgan fingerprint density at radius 3 is 3.04 bits per heavy atom. The van der Waals surface area contributed by atoms with Gasteiger partial charge >= 0.3 is 0 Å². The SMILES string of the molecule is O=C1NCCN(Cc2ccc(F)cc2Cl)C1CC(=O)N1CCc2[nH]ncc2C1. The van der Waals surface area contributed by atoms with Gasteiger partial charge in [0.25, 0.3) is 0 Å². The minimum Gasteiger partial charge on any atom is -0.353 e. The van der Waals surface area contributed by atoms with Crippen LogP contribution < -0.4 is 5.32 Å². The topological polar surface area (TPSA) is 81.3 Å². The third kappa shape index (κ3) is 3.88. The Labute approximate surface area is 166 Å². The van der Waals surface area contributed by atoms with Crippen LogP contribution in [0.3, 0.4) is 0 Å². The molecule has 28 heavy (non-hydrogen) atoms. The second-order valence-corrected chi connectivity index (χ2v) is 7.56. The van der Waals surface area contributed by atoms with E-state index < -0.39 is 11.9 Å². The molecule has 0 bridgehead atoms. The summed E-state index contributed by atoms with van der Waals surface area (Å²) in [6.45, 7) is 2.60. The lowest BCUT2D eigenvalue weighted by atomic mass is 10.0. The van der Waals surface area contributed by atoms with E-state index in [4.69, 9.17) is 11.6 Å². The van der Waals surface area contributed by atoms with Gasteiger partial charge in [0.15, 0.2) is 0 Å². The first-order chi connectivity index (χ1) is 13.5. The fourth-order valence-corrected chi connectivity index (χ4v) is 4.00. The standard InChI is InChI=1S/C19H21ClFN5O2/c20-15-7-14(21)2-1-12(15)10-25-6-4-22-19(28)17(25)8-18(27)26-5-3-16-13(11-26)9-23-24-16/h1-2,7,9,17H,3-6,8,10-11H2,(H,22,28)(H,23,24). The van der Waals surface area contributed by atoms with Crippen LogP contribution in [-0.2, 0) is 29.1 Å². The summed E-state index contributed by atoms with van der Waals surface area (Å²) in [5.41, 5.74) is 2.81. The van der Waals surface area contributed by atoms with Gasteiger partial charge in [-0.2, -0.15) is 5.10 Å². The predicted octanol–water partition coefficient (Wildman–Crippen LogP) is 1.48. The molecular weight excluding hydrogens is 385 g/mol. The Kier molecular flexibility index (Phi) is 5.32. The quantitative estimate of drug-likeness (QED) is 0.807. The largest absolute Gasteiger partial charge is 0.353 e. The van der Waals surface area contributed by atoms with Crippen molar-refractivity contribution in [1.82, 2.24) is 25.3 Å². The number of rotatable bonds is 4. The molecule has 1 aromatic carbocycles. The molecule has 2 amide bonds. The van der Waals surface area contributed by atoms with Crippen LogP contribution in [0.15, 0.2) is 24.4 Å². The maximum Gasteiger partial charge on any atom is 0.237 e. The fraction of sp³-hybridized carbons (Fsp3) is 0.421. The number of benzene rings is 1. The second kappa shape index (κ2) is 7.89. The summed E-state index contributed by atoms with van der Waals surface area (Å²) >= 11 is 6.15. The zero-order chi connectivity index (χ0) is 19.7. The number of aromatic nitrogens is 2. The molecule has 1 unspecified atom stereocenters. The lowest BCUT2D eigenvalue weighted by molar-refractivity contribution is -0.139. The number of H-pyrrole nitrogens is 1. The molecular formula is C19H21ClFN5O2. The van der Waals surface area contributed by atoms with E-state index in [0.29, 0.717) is 37.7 Å². The lowest BCUT2D eigenvalue weighted by Gasteiger charge is -2.36. The fourth-order valence-electron chi connectivity index (χ4n) is 3.77. The summed E-state index contributed by atoms with van der Waals surface area (Å²) in [5.74, 6) is -0.636. The van der Waals surface area contributed by atoms with Crippen LogP contribution >= 0.6 is 11.6 Å². The second-order valence-electron chi connectivity index (χ2n) is 7.16. The van der Waals surface area contributed by atoms with E-state index in [1.807, 2.05) is 4.90 Å². The smallest absolute Gasteiger partial charge is 0.237 e. The number of halogens is 2. The zero-order valence-corrected chi connectivity index (χ0v) is 16.0. The molecule has 2 N–H and O–H groups in total. The maximum absolute atomic E-state index is 13.3. The maximum atomic E-state index is 13.3. The molecule has 2 aliphatic heterocycles. The van der Waals surface area contributed by atoms with Crippen molar-refractivity contribution >= 4 is 23.4 Å². The highest BCUT2D eigenvalue weighted by molar-refractivity contribution is 6.31. The highest BCUT2D eigenvalue weighted by atomic mass is 35.5. The van der Waals surface area contributed by atoms with E-state index in [0.717, 1.165) is 23.2 Å². The third-order valence-electron chi connectivity index (χ3n) is 5.35. The number of hydrogen-bond acceptors (Lipinski definition) is 4. The normalized spacial score (nSPS) is 20.0. The number of nitrogens with zero attached hydrogens (tertiary/aromatic N) is 3. The average molecular weight is 406 g/mol. The van der Waals surface area contributed by atoms with Crippen molar-refractivity contribution in [1.29, 1.82) is 0 Å². The molecule has 2 aliphatic rings. The van der Waals surface area contributed by atoms with Crippen molar-refractivity contribution in [3.05, 3.63) is 52.1 Å². The Morgan fingerprint density at radius 2 is 2.21 bits per heavy atom. The molecule has 3 heterocycles. The van der Waals surface area contributed by atoms with Crippen molar-refractivity contribution < 1.29 is 14.0 Å². The molecule has 2 aromatic rings. The van der Waals surface area contributed by atoms with Crippen LogP contribution in [-0.4, -0.2) is 57.5 Å². The van der Waals surface area contributed by atoms with Gasteiger partial charge in [-0.3, -0.25) is 19.6 Å². The number of amides is 2. The summed E-state index contributed by atoms with van der Waals surface area (Å²) in [6.07, 6.45) is 2.57. The summed E-state index contributed by atoms with van der Waals surface area (Å²) in [5, 5.41) is 10.1. The molecule has 9 heteroatoms. The van der Waals surface area contributed by atoms with Gasteiger partial charge in [-0.1, -0.05) is 17.7 Å². The van der Waals surface area contributed by atoms with Crippen molar-refractivity contribution in [3.63, 3.8) is 0 Å². The molecule has 1 aromatic heterocycles. The number of piperazine rings is 1. The van der Waals surface area contributed by atoms with Gasteiger partial charge in [0.2, 0.25) is 11.8 Å².